The van der Waals surface area contributed by atoms with Crippen LogP contribution in [-0.2, 0) is 0 Å². The maximum Gasteiger partial charge on any atom is 0.255 e. The van der Waals surface area contributed by atoms with Gasteiger partial charge in [-0.1, -0.05) is 15.9 Å². The van der Waals surface area contributed by atoms with Crippen molar-refractivity contribution in [1.29, 1.82) is 0 Å². The molecule has 0 radical (unpaired) electrons. The molecular formula is C14H12BrFN2O. The predicted molar refractivity (Wildman–Crippen MR) is 77.6 cm³/mol. The van der Waals surface area contributed by atoms with Crippen molar-refractivity contribution in [2.75, 3.05) is 11.1 Å². The number of nitrogens with two attached hydrogens (primary N) is 1. The number of aryl methyl sites for hydroxylation is 1. The number of carbonyl (C=O) groups is 1. The Morgan fingerprint density at radius 1 is 1.26 bits per heavy atom. The number of rotatable bonds is 2. The van der Waals surface area contributed by atoms with Gasteiger partial charge in [-0.3, -0.25) is 4.79 Å². The van der Waals surface area contributed by atoms with Crippen LogP contribution in [0.5, 0.6) is 0 Å². The maximum atomic E-state index is 13.3. The van der Waals surface area contributed by atoms with Crippen LogP contribution in [0.2, 0.25) is 0 Å². The Morgan fingerprint density at radius 3 is 2.63 bits per heavy atom. The molecule has 0 spiro atoms. The summed E-state index contributed by atoms with van der Waals surface area (Å²) in [6, 6.07) is 9.51. The van der Waals surface area contributed by atoms with Crippen LogP contribution < -0.4 is 11.1 Å². The Bertz CT molecular complexity index is 623. The number of benzene rings is 2. The summed E-state index contributed by atoms with van der Waals surface area (Å²) in [5.74, 6) is -0.977. The molecule has 0 saturated carbocycles. The zero-order valence-corrected chi connectivity index (χ0v) is 11.8. The van der Waals surface area contributed by atoms with Gasteiger partial charge in [0.15, 0.2) is 0 Å². The fourth-order valence-corrected chi connectivity index (χ4v) is 2.29. The summed E-state index contributed by atoms with van der Waals surface area (Å²) in [6.45, 7) is 1.92. The van der Waals surface area contributed by atoms with Gasteiger partial charge in [-0.15, -0.1) is 0 Å². The fourth-order valence-electron chi connectivity index (χ4n) is 1.68. The molecule has 0 aliphatic rings. The lowest BCUT2D eigenvalue weighted by Gasteiger charge is -2.07. The number of halogens is 2. The molecule has 3 nitrogen and oxygen atoms in total. The lowest BCUT2D eigenvalue weighted by atomic mass is 10.1. The van der Waals surface area contributed by atoms with Crippen LogP contribution in [0.3, 0.4) is 0 Å². The van der Waals surface area contributed by atoms with E-state index >= 15 is 0 Å². The number of hydrogen-bond donors (Lipinski definition) is 2. The van der Waals surface area contributed by atoms with Crippen molar-refractivity contribution in [1.82, 2.24) is 0 Å². The molecule has 0 fully saturated rings. The summed E-state index contributed by atoms with van der Waals surface area (Å²) in [4.78, 5) is 12.0. The lowest BCUT2D eigenvalue weighted by Crippen LogP contribution is -2.12. The molecule has 2 rings (SSSR count). The predicted octanol–water partition coefficient (Wildman–Crippen LogP) is 3.73. The van der Waals surface area contributed by atoms with Gasteiger partial charge in [-0.2, -0.15) is 0 Å². The molecule has 0 unspecified atom stereocenters. The van der Waals surface area contributed by atoms with Crippen LogP contribution in [0.4, 0.5) is 15.8 Å². The molecular weight excluding hydrogens is 311 g/mol. The number of hydrogen-bond acceptors (Lipinski definition) is 2. The summed E-state index contributed by atoms with van der Waals surface area (Å²) >= 11 is 3.35. The van der Waals surface area contributed by atoms with E-state index in [1.165, 1.54) is 12.1 Å². The first-order valence-electron chi connectivity index (χ1n) is 5.59. The van der Waals surface area contributed by atoms with E-state index in [9.17, 15) is 9.18 Å². The maximum absolute atomic E-state index is 13.3. The second kappa shape index (κ2) is 5.40. The summed E-state index contributed by atoms with van der Waals surface area (Å²) in [7, 11) is 0. The van der Waals surface area contributed by atoms with E-state index in [2.05, 4.69) is 21.2 Å². The Kier molecular flexibility index (Phi) is 3.85. The Hall–Kier alpha value is -1.88. The molecule has 0 aliphatic carbocycles. The summed E-state index contributed by atoms with van der Waals surface area (Å²) < 4.78 is 14.2. The van der Waals surface area contributed by atoms with E-state index in [-0.39, 0.29) is 17.2 Å². The van der Waals surface area contributed by atoms with Crippen LogP contribution in [0, 0.1) is 12.7 Å². The minimum Gasteiger partial charge on any atom is -0.396 e. The van der Waals surface area contributed by atoms with Crippen LogP contribution in [0.1, 0.15) is 15.9 Å². The van der Waals surface area contributed by atoms with E-state index in [1.807, 2.05) is 19.1 Å². The monoisotopic (exact) mass is 322 g/mol. The molecule has 0 bridgehead atoms. The standard InChI is InChI=1S/C14H12BrFN2O/c1-8-4-10(15)7-11(5-8)18-14(19)9-2-3-13(17)12(16)6-9/h2-7H,17H2,1H3,(H,18,19). The zero-order chi connectivity index (χ0) is 14.0. The largest absolute Gasteiger partial charge is 0.396 e. The first-order chi connectivity index (χ1) is 8.95. The first kappa shape index (κ1) is 13.5. The Morgan fingerprint density at radius 2 is 2.00 bits per heavy atom. The van der Waals surface area contributed by atoms with Crippen LogP contribution in [0.25, 0.3) is 0 Å². The number of nitrogen functional groups attached to an aromatic ring is 1. The second-order valence-electron chi connectivity index (χ2n) is 4.21. The van der Waals surface area contributed by atoms with Gasteiger partial charge in [0.1, 0.15) is 5.82 Å². The minimum absolute atomic E-state index is 0.0230. The van der Waals surface area contributed by atoms with Crippen molar-refractivity contribution in [3.05, 3.63) is 57.8 Å². The highest BCUT2D eigenvalue weighted by Gasteiger charge is 2.09. The van der Waals surface area contributed by atoms with Crippen LogP contribution in [-0.4, -0.2) is 5.91 Å². The molecule has 0 atom stereocenters. The minimum atomic E-state index is -0.599. The number of anilines is 2. The Labute approximate surface area is 118 Å². The third-order valence-corrected chi connectivity index (χ3v) is 3.02. The summed E-state index contributed by atoms with van der Waals surface area (Å²) in [5.41, 5.74) is 7.27. The molecule has 19 heavy (non-hydrogen) atoms. The fraction of sp³-hybridized carbons (Fsp3) is 0.0714. The Balaban J connectivity index is 2.22. The highest BCUT2D eigenvalue weighted by Crippen LogP contribution is 2.20. The SMILES string of the molecule is Cc1cc(Br)cc(NC(=O)c2ccc(N)c(F)c2)c1. The number of carbonyl (C=O) groups excluding carboxylic acids is 1. The van der Waals surface area contributed by atoms with Gasteiger partial charge in [0.2, 0.25) is 0 Å². The normalized spacial score (nSPS) is 10.3. The summed E-state index contributed by atoms with van der Waals surface area (Å²) in [6.07, 6.45) is 0. The third kappa shape index (κ3) is 3.32. The molecule has 98 valence electrons. The topological polar surface area (TPSA) is 55.1 Å². The van der Waals surface area contributed by atoms with E-state index < -0.39 is 5.82 Å². The molecule has 0 aromatic heterocycles. The average molecular weight is 323 g/mol. The van der Waals surface area contributed by atoms with Crippen molar-refractivity contribution < 1.29 is 9.18 Å². The van der Waals surface area contributed by atoms with Crippen molar-refractivity contribution in [2.24, 2.45) is 0 Å². The molecule has 2 aromatic rings. The first-order valence-corrected chi connectivity index (χ1v) is 6.38. The molecule has 0 saturated heterocycles. The van der Waals surface area contributed by atoms with Gasteiger partial charge in [0.05, 0.1) is 5.69 Å². The quantitative estimate of drug-likeness (QED) is 0.828. The van der Waals surface area contributed by atoms with Gasteiger partial charge >= 0.3 is 0 Å². The zero-order valence-electron chi connectivity index (χ0n) is 10.2. The highest BCUT2D eigenvalue weighted by atomic mass is 79.9. The molecule has 5 heteroatoms. The van der Waals surface area contributed by atoms with Gasteiger partial charge in [0.25, 0.3) is 5.91 Å². The van der Waals surface area contributed by atoms with E-state index in [4.69, 9.17) is 5.73 Å². The third-order valence-electron chi connectivity index (χ3n) is 2.56. The molecule has 3 N–H and O–H groups in total. The van der Waals surface area contributed by atoms with E-state index in [1.54, 1.807) is 6.07 Å². The van der Waals surface area contributed by atoms with Crippen molar-refractivity contribution >= 4 is 33.2 Å². The second-order valence-corrected chi connectivity index (χ2v) is 5.12. The van der Waals surface area contributed by atoms with Gasteiger partial charge < -0.3 is 11.1 Å². The van der Waals surface area contributed by atoms with Crippen LogP contribution >= 0.6 is 15.9 Å². The van der Waals surface area contributed by atoms with E-state index in [0.717, 1.165) is 16.1 Å². The molecule has 0 aliphatic heterocycles. The van der Waals surface area contributed by atoms with Crippen molar-refractivity contribution in [3.63, 3.8) is 0 Å². The summed E-state index contributed by atoms with van der Waals surface area (Å²) in [5, 5.41) is 2.71. The van der Waals surface area contributed by atoms with Gasteiger partial charge in [-0.05, 0) is 48.9 Å². The lowest BCUT2D eigenvalue weighted by molar-refractivity contribution is 0.102. The molecule has 2 aromatic carbocycles. The van der Waals surface area contributed by atoms with Crippen LogP contribution in [0.15, 0.2) is 40.9 Å². The average Bonchev–Trinajstić information content (AvgIpc) is 2.31. The number of nitrogens with one attached hydrogen (secondary N) is 1. The molecule has 0 heterocycles. The molecule has 1 amide bonds. The van der Waals surface area contributed by atoms with Crippen molar-refractivity contribution in [3.8, 4) is 0 Å². The van der Waals surface area contributed by atoms with E-state index in [0.29, 0.717) is 5.69 Å². The van der Waals surface area contributed by atoms with Crippen molar-refractivity contribution in [2.45, 2.75) is 6.92 Å². The van der Waals surface area contributed by atoms with Gasteiger partial charge in [-0.25, -0.2) is 4.39 Å². The smallest absolute Gasteiger partial charge is 0.255 e. The van der Waals surface area contributed by atoms with Gasteiger partial charge in [0, 0.05) is 15.7 Å². The highest BCUT2D eigenvalue weighted by molar-refractivity contribution is 9.10. The number of amides is 1.